The van der Waals surface area contributed by atoms with Crippen LogP contribution in [0.5, 0.6) is 0 Å². The van der Waals surface area contributed by atoms with Crippen molar-refractivity contribution in [2.24, 2.45) is 5.73 Å². The van der Waals surface area contributed by atoms with Crippen LogP contribution < -0.4 is 10.5 Å². The minimum absolute atomic E-state index is 0.0108. The monoisotopic (exact) mass is 304 g/mol. The van der Waals surface area contributed by atoms with Crippen LogP contribution in [0.25, 0.3) is 0 Å². The first kappa shape index (κ1) is 15.3. The molecule has 0 spiro atoms. The Kier molecular flexibility index (Phi) is 4.41. The molecule has 1 aromatic carbocycles. The van der Waals surface area contributed by atoms with Gasteiger partial charge in [-0.15, -0.1) is 0 Å². The van der Waals surface area contributed by atoms with Crippen LogP contribution in [0.2, 0.25) is 0 Å². The molecule has 0 unspecified atom stereocenters. The first-order chi connectivity index (χ1) is 9.34. The maximum absolute atomic E-state index is 13.5. The summed E-state index contributed by atoms with van der Waals surface area (Å²) in [7, 11) is -4.24. The highest BCUT2D eigenvalue weighted by Gasteiger charge is 2.31. The molecule has 0 radical (unpaired) electrons. The summed E-state index contributed by atoms with van der Waals surface area (Å²) < 4.78 is 53.3. The van der Waals surface area contributed by atoms with E-state index in [-0.39, 0.29) is 6.54 Å². The van der Waals surface area contributed by atoms with E-state index in [0.717, 1.165) is 37.5 Å². The van der Waals surface area contributed by atoms with Gasteiger partial charge in [0, 0.05) is 12.1 Å². The van der Waals surface area contributed by atoms with Crippen molar-refractivity contribution in [2.75, 3.05) is 6.54 Å². The molecule has 7 heteroatoms. The van der Waals surface area contributed by atoms with Crippen LogP contribution in [-0.4, -0.2) is 20.5 Å². The Hall–Kier alpha value is -1.05. The fraction of sp³-hybridized carbons (Fsp3) is 0.538. The Morgan fingerprint density at radius 1 is 1.15 bits per heavy atom. The van der Waals surface area contributed by atoms with Crippen molar-refractivity contribution < 1.29 is 17.2 Å². The molecule has 1 aromatic rings. The van der Waals surface area contributed by atoms with Crippen molar-refractivity contribution in [3.63, 3.8) is 0 Å². The molecule has 0 bridgehead atoms. The lowest BCUT2D eigenvalue weighted by Gasteiger charge is -2.33. The summed E-state index contributed by atoms with van der Waals surface area (Å²) in [5, 5.41) is 0. The van der Waals surface area contributed by atoms with Crippen LogP contribution in [0.15, 0.2) is 23.1 Å². The summed E-state index contributed by atoms with van der Waals surface area (Å²) in [6.07, 6.45) is 4.36. The topological polar surface area (TPSA) is 72.2 Å². The Morgan fingerprint density at radius 3 is 2.25 bits per heavy atom. The van der Waals surface area contributed by atoms with Gasteiger partial charge in [-0.25, -0.2) is 21.9 Å². The third-order valence-corrected chi connectivity index (χ3v) is 5.10. The second-order valence-corrected chi connectivity index (χ2v) is 7.00. The summed E-state index contributed by atoms with van der Waals surface area (Å²) in [5.74, 6) is -2.21. The first-order valence-corrected chi connectivity index (χ1v) is 8.05. The number of hydrogen-bond acceptors (Lipinski definition) is 3. The number of sulfonamides is 1. The van der Waals surface area contributed by atoms with Crippen molar-refractivity contribution in [3.05, 3.63) is 29.8 Å². The van der Waals surface area contributed by atoms with Crippen LogP contribution in [0, 0.1) is 11.6 Å². The fourth-order valence-corrected chi connectivity index (χ4v) is 3.75. The Balaban J connectivity index is 2.15. The number of halogens is 2. The Labute approximate surface area is 117 Å². The smallest absolute Gasteiger partial charge is 0.246 e. The van der Waals surface area contributed by atoms with Crippen molar-refractivity contribution in [3.8, 4) is 0 Å². The average molecular weight is 304 g/mol. The van der Waals surface area contributed by atoms with Gasteiger partial charge in [-0.1, -0.05) is 25.3 Å². The molecule has 1 fully saturated rings. The van der Waals surface area contributed by atoms with Gasteiger partial charge in [-0.3, -0.25) is 0 Å². The quantitative estimate of drug-likeness (QED) is 0.892. The van der Waals surface area contributed by atoms with Gasteiger partial charge in [0.2, 0.25) is 10.0 Å². The normalized spacial score (nSPS) is 18.9. The molecule has 1 aliphatic rings. The molecular weight excluding hydrogens is 286 g/mol. The second kappa shape index (κ2) is 5.75. The van der Waals surface area contributed by atoms with Crippen LogP contribution >= 0.6 is 0 Å². The molecule has 112 valence electrons. The first-order valence-electron chi connectivity index (χ1n) is 6.57. The number of benzene rings is 1. The lowest BCUT2D eigenvalue weighted by atomic mass is 9.83. The van der Waals surface area contributed by atoms with Gasteiger partial charge in [-0.05, 0) is 25.0 Å². The zero-order chi connectivity index (χ0) is 14.8. The molecule has 0 atom stereocenters. The van der Waals surface area contributed by atoms with E-state index in [9.17, 15) is 17.2 Å². The Bertz CT molecular complexity index is 564. The molecule has 2 rings (SSSR count). The minimum Gasteiger partial charge on any atom is -0.324 e. The minimum atomic E-state index is -4.24. The summed E-state index contributed by atoms with van der Waals surface area (Å²) >= 11 is 0. The van der Waals surface area contributed by atoms with Crippen molar-refractivity contribution in [1.29, 1.82) is 0 Å². The van der Waals surface area contributed by atoms with E-state index < -0.39 is 32.1 Å². The van der Waals surface area contributed by atoms with E-state index in [1.54, 1.807) is 0 Å². The van der Waals surface area contributed by atoms with Gasteiger partial charge >= 0.3 is 0 Å². The van der Waals surface area contributed by atoms with E-state index in [4.69, 9.17) is 5.73 Å². The molecule has 20 heavy (non-hydrogen) atoms. The van der Waals surface area contributed by atoms with Crippen molar-refractivity contribution >= 4 is 10.0 Å². The highest BCUT2D eigenvalue weighted by molar-refractivity contribution is 7.89. The molecule has 0 saturated heterocycles. The van der Waals surface area contributed by atoms with Gasteiger partial charge < -0.3 is 5.73 Å². The molecule has 1 aliphatic carbocycles. The Morgan fingerprint density at radius 2 is 1.70 bits per heavy atom. The zero-order valence-electron chi connectivity index (χ0n) is 11.0. The number of nitrogens with one attached hydrogen (secondary N) is 1. The predicted octanol–water partition coefficient (Wildman–Crippen LogP) is 1.90. The van der Waals surface area contributed by atoms with Crippen molar-refractivity contribution in [2.45, 2.75) is 42.5 Å². The van der Waals surface area contributed by atoms with Crippen molar-refractivity contribution in [1.82, 2.24) is 4.72 Å². The summed E-state index contributed by atoms with van der Waals surface area (Å²) in [5.41, 5.74) is 5.47. The van der Waals surface area contributed by atoms with Gasteiger partial charge in [0.1, 0.15) is 11.6 Å². The molecule has 3 N–H and O–H groups in total. The van der Waals surface area contributed by atoms with E-state index in [1.807, 2.05) is 0 Å². The fourth-order valence-electron chi connectivity index (χ4n) is 2.48. The molecule has 0 heterocycles. The van der Waals surface area contributed by atoms with Gasteiger partial charge in [0.05, 0.1) is 0 Å². The number of rotatable bonds is 4. The second-order valence-electron chi connectivity index (χ2n) is 5.30. The summed E-state index contributed by atoms with van der Waals surface area (Å²) in [6.45, 7) is -0.0108. The highest BCUT2D eigenvalue weighted by Crippen LogP contribution is 2.26. The molecule has 1 saturated carbocycles. The predicted molar refractivity (Wildman–Crippen MR) is 71.5 cm³/mol. The van der Waals surface area contributed by atoms with Gasteiger partial charge in [-0.2, -0.15) is 0 Å². The maximum Gasteiger partial charge on any atom is 0.246 e. The highest BCUT2D eigenvalue weighted by atomic mass is 32.2. The lowest BCUT2D eigenvalue weighted by molar-refractivity contribution is 0.296. The SMILES string of the molecule is NC1(CNS(=O)(=O)c2c(F)cccc2F)CCCCC1. The van der Waals surface area contributed by atoms with E-state index in [1.165, 1.54) is 0 Å². The average Bonchev–Trinajstić information content (AvgIpc) is 2.37. The van der Waals surface area contributed by atoms with E-state index in [2.05, 4.69) is 4.72 Å². The largest absolute Gasteiger partial charge is 0.324 e. The molecule has 0 aromatic heterocycles. The van der Waals surface area contributed by atoms with Crippen LogP contribution in [0.1, 0.15) is 32.1 Å². The molecule has 0 aliphatic heterocycles. The molecule has 4 nitrogen and oxygen atoms in total. The molecule has 0 amide bonds. The zero-order valence-corrected chi connectivity index (χ0v) is 11.8. The van der Waals surface area contributed by atoms with Crippen LogP contribution in [0.4, 0.5) is 8.78 Å². The number of nitrogens with two attached hydrogens (primary N) is 1. The molecular formula is C13H18F2N2O2S. The summed E-state index contributed by atoms with van der Waals surface area (Å²) in [4.78, 5) is -0.945. The third-order valence-electron chi connectivity index (χ3n) is 3.65. The van der Waals surface area contributed by atoms with E-state index in [0.29, 0.717) is 12.8 Å². The maximum atomic E-state index is 13.5. The standard InChI is InChI=1S/C13H18F2N2O2S/c14-10-5-4-6-11(15)12(10)20(18,19)17-9-13(16)7-2-1-3-8-13/h4-6,17H,1-3,7-9,16H2. The van der Waals surface area contributed by atoms with Crippen LogP contribution in [0.3, 0.4) is 0 Å². The third kappa shape index (κ3) is 3.34. The summed E-state index contributed by atoms with van der Waals surface area (Å²) in [6, 6.07) is 2.95. The van der Waals surface area contributed by atoms with Crippen LogP contribution in [-0.2, 0) is 10.0 Å². The lowest BCUT2D eigenvalue weighted by Crippen LogP contribution is -2.51. The number of hydrogen-bond donors (Lipinski definition) is 2. The van der Waals surface area contributed by atoms with E-state index >= 15 is 0 Å². The van der Waals surface area contributed by atoms with Gasteiger partial charge in [0.25, 0.3) is 0 Å². The van der Waals surface area contributed by atoms with Gasteiger partial charge in [0.15, 0.2) is 4.90 Å².